The molecule has 0 saturated heterocycles. The Morgan fingerprint density at radius 3 is 2.75 bits per heavy atom. The average molecular weight is 283 g/mol. The van der Waals surface area contributed by atoms with Crippen LogP contribution in [0.4, 0.5) is 0 Å². The molecule has 20 heavy (non-hydrogen) atoms. The number of ether oxygens (including phenoxy) is 2. The molecule has 1 heterocycles. The van der Waals surface area contributed by atoms with E-state index in [-0.39, 0.29) is 0 Å². The lowest BCUT2D eigenvalue weighted by molar-refractivity contribution is 0.0688. The number of nitrogens with zero attached hydrogens (tertiary/aromatic N) is 2. The Kier molecular flexibility index (Phi) is 9.28. The lowest BCUT2D eigenvalue weighted by atomic mass is 10.3. The molecule has 0 spiro atoms. The normalized spacial score (nSPS) is 11.2. The van der Waals surface area contributed by atoms with E-state index >= 15 is 0 Å². The van der Waals surface area contributed by atoms with Crippen molar-refractivity contribution in [3.05, 3.63) is 17.5 Å². The van der Waals surface area contributed by atoms with Crippen LogP contribution in [0.2, 0.25) is 0 Å². The zero-order valence-corrected chi connectivity index (χ0v) is 13.2. The molecule has 116 valence electrons. The fourth-order valence-electron chi connectivity index (χ4n) is 2.02. The minimum Gasteiger partial charge on any atom is -0.382 e. The highest BCUT2D eigenvalue weighted by Gasteiger charge is 2.04. The third kappa shape index (κ3) is 6.50. The van der Waals surface area contributed by atoms with Crippen molar-refractivity contribution < 1.29 is 9.47 Å². The maximum absolute atomic E-state index is 5.43. The number of aryl methyl sites for hydroxylation is 2. The number of hydrogen-bond acceptors (Lipinski definition) is 4. The van der Waals surface area contributed by atoms with Crippen molar-refractivity contribution in [3.8, 4) is 0 Å². The smallest absolute Gasteiger partial charge is 0.0700 e. The molecule has 0 bridgehead atoms. The predicted octanol–water partition coefficient (Wildman–Crippen LogP) is 2.00. The number of rotatable bonds is 12. The molecule has 0 fully saturated rings. The first-order valence-electron chi connectivity index (χ1n) is 7.64. The van der Waals surface area contributed by atoms with Crippen LogP contribution >= 0.6 is 0 Å². The highest BCUT2D eigenvalue weighted by Crippen LogP contribution is 2.05. The van der Waals surface area contributed by atoms with Crippen LogP contribution in [-0.4, -0.2) is 43.3 Å². The summed E-state index contributed by atoms with van der Waals surface area (Å²) in [5, 5.41) is 8.02. The summed E-state index contributed by atoms with van der Waals surface area (Å²) in [6.07, 6.45) is 3.22. The second-order valence-electron chi connectivity index (χ2n) is 4.79. The summed E-state index contributed by atoms with van der Waals surface area (Å²) in [5.41, 5.74) is 2.45. The topological polar surface area (TPSA) is 48.3 Å². The van der Waals surface area contributed by atoms with E-state index in [0.717, 1.165) is 45.5 Å². The zero-order chi connectivity index (χ0) is 14.6. The molecule has 0 aliphatic heterocycles. The van der Waals surface area contributed by atoms with Crippen LogP contribution in [-0.2, 0) is 29.0 Å². The second-order valence-corrected chi connectivity index (χ2v) is 4.79. The van der Waals surface area contributed by atoms with Crippen LogP contribution in [0.1, 0.15) is 38.1 Å². The van der Waals surface area contributed by atoms with Gasteiger partial charge in [-0.25, -0.2) is 0 Å². The van der Waals surface area contributed by atoms with E-state index in [1.54, 1.807) is 7.11 Å². The number of methoxy groups -OCH3 is 1. The number of hydrogen-bond donors (Lipinski definition) is 1. The van der Waals surface area contributed by atoms with Gasteiger partial charge >= 0.3 is 0 Å². The van der Waals surface area contributed by atoms with E-state index in [4.69, 9.17) is 9.47 Å². The van der Waals surface area contributed by atoms with Gasteiger partial charge in [0.15, 0.2) is 0 Å². The second kappa shape index (κ2) is 10.8. The van der Waals surface area contributed by atoms with Crippen molar-refractivity contribution in [2.45, 2.75) is 46.2 Å². The Hall–Kier alpha value is -0.910. The molecule has 1 rings (SSSR count). The van der Waals surface area contributed by atoms with Gasteiger partial charge in [-0.05, 0) is 38.8 Å². The van der Waals surface area contributed by atoms with E-state index in [9.17, 15) is 0 Å². The fourth-order valence-corrected chi connectivity index (χ4v) is 2.02. The molecule has 5 nitrogen and oxygen atoms in total. The van der Waals surface area contributed by atoms with E-state index in [2.05, 4.69) is 35.0 Å². The number of aromatic nitrogens is 2. The van der Waals surface area contributed by atoms with Gasteiger partial charge in [-0.1, -0.05) is 6.92 Å². The van der Waals surface area contributed by atoms with Gasteiger partial charge < -0.3 is 14.8 Å². The van der Waals surface area contributed by atoms with Gasteiger partial charge in [0, 0.05) is 26.8 Å². The summed E-state index contributed by atoms with van der Waals surface area (Å²) in [6, 6.07) is 2.20. The van der Waals surface area contributed by atoms with Crippen LogP contribution in [0.15, 0.2) is 6.07 Å². The number of unbranched alkanes of at least 4 members (excludes halogenated alkanes) is 1. The van der Waals surface area contributed by atoms with E-state index in [1.807, 2.05) is 0 Å². The van der Waals surface area contributed by atoms with Gasteiger partial charge in [-0.2, -0.15) is 5.10 Å². The predicted molar refractivity (Wildman–Crippen MR) is 80.9 cm³/mol. The molecule has 0 aliphatic carbocycles. The molecule has 1 aromatic rings. The van der Waals surface area contributed by atoms with Crippen LogP contribution in [0.5, 0.6) is 0 Å². The standard InChI is InChI=1S/C15H29N3O2/c1-4-14-12-15(18(5-2)17-14)13-16-8-6-7-9-20-11-10-19-3/h12,16H,4-11,13H2,1-3H3. The molecule has 0 aliphatic rings. The van der Waals surface area contributed by atoms with Crippen LogP contribution < -0.4 is 5.32 Å². The van der Waals surface area contributed by atoms with Crippen molar-refractivity contribution in [2.24, 2.45) is 0 Å². The maximum atomic E-state index is 5.43. The maximum Gasteiger partial charge on any atom is 0.0700 e. The summed E-state index contributed by atoms with van der Waals surface area (Å²) in [4.78, 5) is 0. The summed E-state index contributed by atoms with van der Waals surface area (Å²) in [6.45, 7) is 9.31. The molecular formula is C15H29N3O2. The van der Waals surface area contributed by atoms with Gasteiger partial charge in [0.25, 0.3) is 0 Å². The summed E-state index contributed by atoms with van der Waals surface area (Å²) in [5.74, 6) is 0. The average Bonchev–Trinajstić information content (AvgIpc) is 2.88. The van der Waals surface area contributed by atoms with Gasteiger partial charge in [0.1, 0.15) is 0 Å². The molecule has 0 aromatic carbocycles. The van der Waals surface area contributed by atoms with E-state index in [1.165, 1.54) is 11.4 Å². The van der Waals surface area contributed by atoms with Crippen molar-refractivity contribution in [2.75, 3.05) is 33.5 Å². The van der Waals surface area contributed by atoms with E-state index < -0.39 is 0 Å². The molecule has 1 aromatic heterocycles. The Labute approximate surface area is 122 Å². The summed E-state index contributed by atoms with van der Waals surface area (Å²) in [7, 11) is 1.69. The quantitative estimate of drug-likeness (QED) is 0.596. The Balaban J connectivity index is 2.07. The van der Waals surface area contributed by atoms with Gasteiger partial charge in [0.05, 0.1) is 24.6 Å². The third-order valence-electron chi connectivity index (χ3n) is 3.21. The first kappa shape index (κ1) is 17.1. The Morgan fingerprint density at radius 2 is 2.05 bits per heavy atom. The summed E-state index contributed by atoms with van der Waals surface area (Å²) >= 11 is 0. The monoisotopic (exact) mass is 283 g/mol. The van der Waals surface area contributed by atoms with Crippen molar-refractivity contribution >= 4 is 0 Å². The van der Waals surface area contributed by atoms with E-state index in [0.29, 0.717) is 13.2 Å². The molecule has 0 radical (unpaired) electrons. The molecular weight excluding hydrogens is 254 g/mol. The Morgan fingerprint density at radius 1 is 1.20 bits per heavy atom. The fraction of sp³-hybridized carbons (Fsp3) is 0.800. The molecule has 1 N–H and O–H groups in total. The van der Waals surface area contributed by atoms with Gasteiger partial charge in [-0.3, -0.25) is 4.68 Å². The molecule has 0 unspecified atom stereocenters. The van der Waals surface area contributed by atoms with Crippen molar-refractivity contribution in [3.63, 3.8) is 0 Å². The van der Waals surface area contributed by atoms with Gasteiger partial charge in [0.2, 0.25) is 0 Å². The van der Waals surface area contributed by atoms with Gasteiger partial charge in [-0.15, -0.1) is 0 Å². The first-order chi connectivity index (χ1) is 9.81. The first-order valence-corrected chi connectivity index (χ1v) is 7.64. The molecule has 5 heteroatoms. The molecule has 0 atom stereocenters. The lowest BCUT2D eigenvalue weighted by Crippen LogP contribution is -2.18. The lowest BCUT2D eigenvalue weighted by Gasteiger charge is -2.07. The minimum absolute atomic E-state index is 0.680. The summed E-state index contributed by atoms with van der Waals surface area (Å²) < 4.78 is 12.4. The van der Waals surface area contributed by atoms with Crippen LogP contribution in [0.3, 0.4) is 0 Å². The highest BCUT2D eigenvalue weighted by molar-refractivity contribution is 5.10. The zero-order valence-electron chi connectivity index (χ0n) is 13.2. The number of nitrogens with one attached hydrogen (secondary N) is 1. The SMILES string of the molecule is CCc1cc(CNCCCCOCCOC)n(CC)n1. The molecule has 0 amide bonds. The highest BCUT2D eigenvalue weighted by atomic mass is 16.5. The van der Waals surface area contributed by atoms with Crippen molar-refractivity contribution in [1.29, 1.82) is 0 Å². The molecule has 0 saturated carbocycles. The van der Waals surface area contributed by atoms with Crippen LogP contribution in [0, 0.1) is 0 Å². The van der Waals surface area contributed by atoms with Crippen LogP contribution in [0.25, 0.3) is 0 Å². The largest absolute Gasteiger partial charge is 0.382 e. The minimum atomic E-state index is 0.680. The Bertz CT molecular complexity index is 353. The van der Waals surface area contributed by atoms with Crippen molar-refractivity contribution in [1.82, 2.24) is 15.1 Å². The third-order valence-corrected chi connectivity index (χ3v) is 3.21.